The summed E-state index contributed by atoms with van der Waals surface area (Å²) in [5.74, 6) is 0. The molecule has 5 heteroatoms. The maximum Gasteiger partial charge on any atom is 0.257 e. The minimum atomic E-state index is -0.0641. The Bertz CT molecular complexity index is 1050. The van der Waals surface area contributed by atoms with E-state index in [-0.39, 0.29) is 5.56 Å². The average Bonchev–Trinajstić information content (AvgIpc) is 2.91. The number of nitrogens with zero attached hydrogens (tertiary/aromatic N) is 2. The fourth-order valence-corrected chi connectivity index (χ4v) is 2.89. The first-order valence-electron chi connectivity index (χ1n) is 6.91. The molecule has 0 fully saturated rings. The third-order valence-electron chi connectivity index (χ3n) is 3.77. The van der Waals surface area contributed by atoms with E-state index >= 15 is 0 Å². The van der Waals surface area contributed by atoms with E-state index in [0.717, 1.165) is 22.0 Å². The summed E-state index contributed by atoms with van der Waals surface area (Å²) in [4.78, 5) is 18.8. The van der Waals surface area contributed by atoms with Gasteiger partial charge < -0.3 is 9.55 Å². The standard InChI is InChI=1S/C17H12ClN3O/c18-13-8-12-7-11(1-2-15(12)20-9-13)10-21-6-4-14-16(21)3-5-19-17(14)22/h1-9H,10H2,(H,19,22). The lowest BCUT2D eigenvalue weighted by molar-refractivity contribution is 0.837. The zero-order valence-corrected chi connectivity index (χ0v) is 12.3. The maximum atomic E-state index is 11.8. The lowest BCUT2D eigenvalue weighted by Gasteiger charge is -2.07. The Morgan fingerprint density at radius 3 is 3.00 bits per heavy atom. The molecule has 1 N–H and O–H groups in total. The number of pyridine rings is 2. The molecule has 0 radical (unpaired) electrons. The molecular weight excluding hydrogens is 298 g/mol. The summed E-state index contributed by atoms with van der Waals surface area (Å²) >= 11 is 6.00. The summed E-state index contributed by atoms with van der Waals surface area (Å²) < 4.78 is 2.06. The minimum absolute atomic E-state index is 0.0641. The number of H-pyrrole nitrogens is 1. The van der Waals surface area contributed by atoms with Crippen molar-refractivity contribution in [1.82, 2.24) is 14.5 Å². The van der Waals surface area contributed by atoms with Crippen molar-refractivity contribution in [2.75, 3.05) is 0 Å². The van der Waals surface area contributed by atoms with E-state index in [1.165, 1.54) is 0 Å². The van der Waals surface area contributed by atoms with Crippen LogP contribution in [0.25, 0.3) is 21.8 Å². The average molecular weight is 310 g/mol. The van der Waals surface area contributed by atoms with Crippen LogP contribution in [0.4, 0.5) is 0 Å². The van der Waals surface area contributed by atoms with Gasteiger partial charge in [-0.05, 0) is 35.9 Å². The molecule has 0 saturated heterocycles. The molecule has 4 aromatic rings. The highest BCUT2D eigenvalue weighted by Gasteiger charge is 2.05. The number of nitrogens with one attached hydrogen (secondary N) is 1. The number of aromatic amines is 1. The summed E-state index contributed by atoms with van der Waals surface area (Å²) in [7, 11) is 0. The Hall–Kier alpha value is -2.59. The second-order valence-corrected chi connectivity index (χ2v) is 5.67. The van der Waals surface area contributed by atoms with Crippen molar-refractivity contribution in [2.45, 2.75) is 6.54 Å². The summed E-state index contributed by atoms with van der Waals surface area (Å²) in [5.41, 5.74) is 2.91. The molecule has 0 bridgehead atoms. The monoisotopic (exact) mass is 309 g/mol. The smallest absolute Gasteiger partial charge is 0.257 e. The van der Waals surface area contributed by atoms with Crippen LogP contribution in [0.15, 0.2) is 59.8 Å². The van der Waals surface area contributed by atoms with Crippen LogP contribution in [-0.2, 0) is 6.54 Å². The minimum Gasteiger partial charge on any atom is -0.343 e. The number of fused-ring (bicyclic) bond motifs is 2. The molecule has 4 rings (SSSR count). The molecule has 0 atom stereocenters. The third kappa shape index (κ3) is 2.18. The molecule has 4 nitrogen and oxygen atoms in total. The van der Waals surface area contributed by atoms with Gasteiger partial charge in [-0.3, -0.25) is 9.78 Å². The highest BCUT2D eigenvalue weighted by molar-refractivity contribution is 6.31. The van der Waals surface area contributed by atoms with Gasteiger partial charge in [0.2, 0.25) is 0 Å². The topological polar surface area (TPSA) is 50.7 Å². The van der Waals surface area contributed by atoms with Crippen molar-refractivity contribution in [3.05, 3.63) is 75.9 Å². The Morgan fingerprint density at radius 2 is 2.09 bits per heavy atom. The van der Waals surface area contributed by atoms with Crippen molar-refractivity contribution in [1.29, 1.82) is 0 Å². The summed E-state index contributed by atoms with van der Waals surface area (Å²) in [6, 6.07) is 11.8. The lowest BCUT2D eigenvalue weighted by atomic mass is 10.1. The molecule has 0 saturated carbocycles. The molecule has 0 aliphatic rings. The van der Waals surface area contributed by atoms with Gasteiger partial charge in [-0.25, -0.2) is 0 Å². The van der Waals surface area contributed by atoms with Gasteiger partial charge in [0, 0.05) is 30.5 Å². The van der Waals surface area contributed by atoms with Crippen molar-refractivity contribution in [3.63, 3.8) is 0 Å². The van der Waals surface area contributed by atoms with Crippen LogP contribution in [-0.4, -0.2) is 14.5 Å². The summed E-state index contributed by atoms with van der Waals surface area (Å²) in [6.07, 6.45) is 5.25. The van der Waals surface area contributed by atoms with Gasteiger partial charge in [0.25, 0.3) is 5.56 Å². The SMILES string of the molecule is O=c1[nH]ccc2c1ccn2Cc1ccc2ncc(Cl)cc2c1. The Balaban J connectivity index is 1.79. The van der Waals surface area contributed by atoms with Gasteiger partial charge in [-0.1, -0.05) is 17.7 Å². The van der Waals surface area contributed by atoms with Gasteiger partial charge in [-0.2, -0.15) is 0 Å². The predicted molar refractivity (Wildman–Crippen MR) is 88.4 cm³/mol. The molecule has 1 aromatic carbocycles. The van der Waals surface area contributed by atoms with Gasteiger partial charge in [0.15, 0.2) is 0 Å². The van der Waals surface area contributed by atoms with Gasteiger partial charge >= 0.3 is 0 Å². The van der Waals surface area contributed by atoms with Crippen LogP contribution in [0.1, 0.15) is 5.56 Å². The molecule has 0 aliphatic carbocycles. The highest BCUT2D eigenvalue weighted by atomic mass is 35.5. The molecule has 0 aliphatic heterocycles. The Labute approximate surface area is 131 Å². The van der Waals surface area contributed by atoms with Crippen LogP contribution >= 0.6 is 11.6 Å². The first-order chi connectivity index (χ1) is 10.7. The normalized spacial score (nSPS) is 11.3. The number of hydrogen-bond acceptors (Lipinski definition) is 2. The van der Waals surface area contributed by atoms with Crippen molar-refractivity contribution < 1.29 is 0 Å². The van der Waals surface area contributed by atoms with E-state index in [1.54, 1.807) is 12.4 Å². The second-order valence-electron chi connectivity index (χ2n) is 5.23. The number of hydrogen-bond donors (Lipinski definition) is 1. The molecular formula is C17H12ClN3O. The predicted octanol–water partition coefficient (Wildman–Crippen LogP) is 3.58. The van der Waals surface area contributed by atoms with Crippen molar-refractivity contribution in [3.8, 4) is 0 Å². The van der Waals surface area contributed by atoms with Crippen LogP contribution < -0.4 is 5.56 Å². The zero-order valence-electron chi connectivity index (χ0n) is 11.6. The number of halogens is 1. The van der Waals surface area contributed by atoms with E-state index in [2.05, 4.69) is 20.6 Å². The van der Waals surface area contributed by atoms with Gasteiger partial charge in [0.1, 0.15) is 0 Å². The Morgan fingerprint density at radius 1 is 1.18 bits per heavy atom. The van der Waals surface area contributed by atoms with Crippen LogP contribution in [0.5, 0.6) is 0 Å². The summed E-state index contributed by atoms with van der Waals surface area (Å²) in [6.45, 7) is 0.690. The molecule has 0 unspecified atom stereocenters. The molecule has 3 heterocycles. The molecule has 0 amide bonds. The quantitative estimate of drug-likeness (QED) is 0.615. The van der Waals surface area contributed by atoms with Gasteiger partial charge in [-0.15, -0.1) is 0 Å². The largest absolute Gasteiger partial charge is 0.343 e. The van der Waals surface area contributed by atoms with E-state index in [1.807, 2.05) is 36.5 Å². The zero-order chi connectivity index (χ0) is 15.1. The number of rotatable bonds is 2. The highest BCUT2D eigenvalue weighted by Crippen LogP contribution is 2.20. The van der Waals surface area contributed by atoms with Crippen LogP contribution in [0.2, 0.25) is 5.02 Å². The van der Waals surface area contributed by atoms with Gasteiger partial charge in [0.05, 0.1) is 21.4 Å². The molecule has 108 valence electrons. The molecule has 0 spiro atoms. The number of aromatic nitrogens is 3. The van der Waals surface area contributed by atoms with Crippen molar-refractivity contribution >= 4 is 33.4 Å². The van der Waals surface area contributed by atoms with E-state index in [9.17, 15) is 4.79 Å². The Kier molecular flexibility index (Phi) is 2.98. The van der Waals surface area contributed by atoms with Crippen LogP contribution in [0, 0.1) is 0 Å². The maximum absolute atomic E-state index is 11.8. The first kappa shape index (κ1) is 13.1. The number of benzene rings is 1. The fraction of sp³-hybridized carbons (Fsp3) is 0.0588. The lowest BCUT2D eigenvalue weighted by Crippen LogP contribution is -2.05. The second kappa shape index (κ2) is 5.00. The summed E-state index contributed by atoms with van der Waals surface area (Å²) in [5, 5.41) is 2.34. The third-order valence-corrected chi connectivity index (χ3v) is 3.98. The molecule has 3 aromatic heterocycles. The first-order valence-corrected chi connectivity index (χ1v) is 7.29. The van der Waals surface area contributed by atoms with E-state index in [4.69, 9.17) is 11.6 Å². The van der Waals surface area contributed by atoms with Crippen molar-refractivity contribution in [2.24, 2.45) is 0 Å². The van der Waals surface area contributed by atoms with Crippen LogP contribution in [0.3, 0.4) is 0 Å². The van der Waals surface area contributed by atoms with E-state index in [0.29, 0.717) is 17.0 Å². The van der Waals surface area contributed by atoms with E-state index < -0.39 is 0 Å². The fourth-order valence-electron chi connectivity index (χ4n) is 2.72. The molecule has 22 heavy (non-hydrogen) atoms.